The highest BCUT2D eigenvalue weighted by atomic mass is 16.3. The summed E-state index contributed by atoms with van der Waals surface area (Å²) >= 11 is 0. The second-order valence-electron chi connectivity index (χ2n) is 3.33. The average molecular weight is 246 g/mol. The lowest BCUT2D eigenvalue weighted by Gasteiger charge is -2.05. The number of hydrogen-bond acceptors (Lipinski definition) is 6. The first-order chi connectivity index (χ1) is 8.67. The number of nitrogens with zero attached hydrogens (tertiary/aromatic N) is 2. The third-order valence-corrected chi connectivity index (χ3v) is 1.98. The van der Waals surface area contributed by atoms with Gasteiger partial charge in [0.1, 0.15) is 6.07 Å². The van der Waals surface area contributed by atoms with Crippen molar-refractivity contribution in [1.29, 1.82) is 10.7 Å². The first-order valence-corrected chi connectivity index (χ1v) is 5.20. The number of nitrogens with one attached hydrogen (secondary N) is 3. The van der Waals surface area contributed by atoms with E-state index in [2.05, 4.69) is 15.8 Å². The Morgan fingerprint density at radius 1 is 1.39 bits per heavy atom. The van der Waals surface area contributed by atoms with Crippen LogP contribution in [0, 0.1) is 16.7 Å². The van der Waals surface area contributed by atoms with Crippen molar-refractivity contribution in [3.63, 3.8) is 0 Å². The molecule has 0 heterocycles. The molecule has 0 aliphatic carbocycles. The maximum atomic E-state index is 8.65. The van der Waals surface area contributed by atoms with Gasteiger partial charge in [-0.25, -0.2) is 0 Å². The van der Waals surface area contributed by atoms with Crippen LogP contribution < -0.4 is 16.5 Å². The van der Waals surface area contributed by atoms with E-state index in [1.807, 2.05) is 0 Å². The van der Waals surface area contributed by atoms with Crippen LogP contribution >= 0.6 is 0 Å². The van der Waals surface area contributed by atoms with Crippen LogP contribution in [0.3, 0.4) is 0 Å². The summed E-state index contributed by atoms with van der Waals surface area (Å²) in [6.45, 7) is 0.544. The second-order valence-corrected chi connectivity index (χ2v) is 3.33. The van der Waals surface area contributed by atoms with Gasteiger partial charge in [-0.15, -0.1) is 0 Å². The normalized spacial score (nSPS) is 10.6. The number of aliphatic hydroxyl groups is 1. The van der Waals surface area contributed by atoms with Crippen molar-refractivity contribution < 1.29 is 5.11 Å². The SMILES string of the molecule is N#C/C(=N\Nc1ccc(NCCO)cc1)C(=N)N. The average Bonchev–Trinajstić information content (AvgIpc) is 2.38. The standard InChI is InChI=1S/C11H14N6O/c12-7-10(11(13)14)17-16-9-3-1-8(2-4-9)15-5-6-18/h1-4,15-16,18H,5-6H2,(H3,13,14)/b17-10+. The van der Waals surface area contributed by atoms with Gasteiger partial charge >= 0.3 is 0 Å². The van der Waals surface area contributed by atoms with Crippen LogP contribution in [0.2, 0.25) is 0 Å². The summed E-state index contributed by atoms with van der Waals surface area (Å²) < 4.78 is 0. The zero-order valence-electron chi connectivity index (χ0n) is 9.64. The Labute approximate surface area is 104 Å². The molecule has 6 N–H and O–H groups in total. The molecule has 0 fully saturated rings. The van der Waals surface area contributed by atoms with Crippen molar-refractivity contribution in [2.75, 3.05) is 23.9 Å². The van der Waals surface area contributed by atoms with Gasteiger partial charge in [-0.3, -0.25) is 10.8 Å². The molecule has 0 bridgehead atoms. The highest BCUT2D eigenvalue weighted by molar-refractivity contribution is 6.45. The summed E-state index contributed by atoms with van der Waals surface area (Å²) in [5, 5.41) is 31.1. The Kier molecular flexibility index (Phi) is 5.15. The van der Waals surface area contributed by atoms with Gasteiger partial charge in [0.25, 0.3) is 0 Å². The molecule has 18 heavy (non-hydrogen) atoms. The van der Waals surface area contributed by atoms with Crippen molar-refractivity contribution in [2.45, 2.75) is 0 Å². The highest BCUT2D eigenvalue weighted by Gasteiger charge is 2.00. The molecule has 0 aromatic heterocycles. The maximum Gasteiger partial charge on any atom is 0.201 e. The number of nitrogens with two attached hydrogens (primary N) is 1. The quantitative estimate of drug-likeness (QED) is 0.280. The number of nitriles is 1. The van der Waals surface area contributed by atoms with Crippen LogP contribution in [0.15, 0.2) is 29.4 Å². The Bertz CT molecular complexity index is 473. The van der Waals surface area contributed by atoms with Gasteiger partial charge in [0.15, 0.2) is 5.84 Å². The van der Waals surface area contributed by atoms with Gasteiger partial charge < -0.3 is 16.2 Å². The lowest BCUT2D eigenvalue weighted by molar-refractivity contribution is 0.311. The van der Waals surface area contributed by atoms with E-state index < -0.39 is 0 Å². The third kappa shape index (κ3) is 4.11. The maximum absolute atomic E-state index is 8.65. The number of benzene rings is 1. The Morgan fingerprint density at radius 3 is 2.50 bits per heavy atom. The largest absolute Gasteiger partial charge is 0.395 e. The first kappa shape index (κ1) is 13.5. The minimum Gasteiger partial charge on any atom is -0.395 e. The molecular weight excluding hydrogens is 232 g/mol. The van der Waals surface area contributed by atoms with Crippen LogP contribution in [0.4, 0.5) is 11.4 Å². The summed E-state index contributed by atoms with van der Waals surface area (Å²) in [5.74, 6) is -0.383. The van der Waals surface area contributed by atoms with E-state index >= 15 is 0 Å². The van der Waals surface area contributed by atoms with Crippen LogP contribution in [0.5, 0.6) is 0 Å². The van der Waals surface area contributed by atoms with Crippen LogP contribution in [-0.2, 0) is 0 Å². The third-order valence-electron chi connectivity index (χ3n) is 1.98. The summed E-state index contributed by atoms with van der Waals surface area (Å²) in [6, 6.07) is 8.80. The topological polar surface area (TPSA) is 130 Å². The lowest BCUT2D eigenvalue weighted by Crippen LogP contribution is -2.21. The van der Waals surface area contributed by atoms with Crippen molar-refractivity contribution in [3.8, 4) is 6.07 Å². The van der Waals surface area contributed by atoms with Crippen molar-refractivity contribution in [1.82, 2.24) is 0 Å². The van der Waals surface area contributed by atoms with Gasteiger partial charge in [0.2, 0.25) is 5.71 Å². The molecule has 0 spiro atoms. The fraction of sp³-hybridized carbons (Fsp3) is 0.182. The van der Waals surface area contributed by atoms with Gasteiger partial charge in [-0.1, -0.05) is 0 Å². The fourth-order valence-corrected chi connectivity index (χ4v) is 1.13. The van der Waals surface area contributed by atoms with E-state index in [1.165, 1.54) is 0 Å². The molecule has 0 aliphatic rings. The van der Waals surface area contributed by atoms with E-state index in [4.69, 9.17) is 21.5 Å². The molecule has 1 rings (SSSR count). The Morgan fingerprint density at radius 2 is 2.00 bits per heavy atom. The molecule has 0 amide bonds. The molecule has 1 aromatic carbocycles. The smallest absolute Gasteiger partial charge is 0.201 e. The van der Waals surface area contributed by atoms with E-state index in [0.29, 0.717) is 12.2 Å². The molecule has 1 aromatic rings. The van der Waals surface area contributed by atoms with Gasteiger partial charge in [-0.2, -0.15) is 10.4 Å². The van der Waals surface area contributed by atoms with Gasteiger partial charge in [0, 0.05) is 12.2 Å². The fourth-order valence-electron chi connectivity index (χ4n) is 1.13. The predicted octanol–water partition coefficient (Wildman–Crippen LogP) is 0.318. The van der Waals surface area contributed by atoms with E-state index in [9.17, 15) is 0 Å². The van der Waals surface area contributed by atoms with E-state index in [0.717, 1.165) is 5.69 Å². The molecule has 94 valence electrons. The van der Waals surface area contributed by atoms with Crippen molar-refractivity contribution >= 4 is 22.9 Å². The van der Waals surface area contributed by atoms with Crippen molar-refractivity contribution in [3.05, 3.63) is 24.3 Å². The van der Waals surface area contributed by atoms with Crippen LogP contribution in [0.1, 0.15) is 0 Å². The predicted molar refractivity (Wildman–Crippen MR) is 70.6 cm³/mol. The molecule has 0 radical (unpaired) electrons. The zero-order chi connectivity index (χ0) is 13.4. The Hall–Kier alpha value is -2.59. The Balaban J connectivity index is 2.64. The minimum absolute atomic E-state index is 0.0639. The van der Waals surface area contributed by atoms with Crippen LogP contribution in [-0.4, -0.2) is 29.8 Å². The van der Waals surface area contributed by atoms with Gasteiger partial charge in [0.05, 0.1) is 12.3 Å². The number of amidine groups is 1. The second kappa shape index (κ2) is 6.88. The molecule has 0 saturated heterocycles. The van der Waals surface area contributed by atoms with Gasteiger partial charge in [-0.05, 0) is 24.3 Å². The number of hydrogen-bond donors (Lipinski definition) is 5. The number of hydrazone groups is 1. The van der Waals surface area contributed by atoms with E-state index in [1.54, 1.807) is 30.3 Å². The number of aliphatic hydroxyl groups excluding tert-OH is 1. The molecule has 0 atom stereocenters. The van der Waals surface area contributed by atoms with E-state index in [-0.39, 0.29) is 18.2 Å². The summed E-state index contributed by atoms with van der Waals surface area (Å²) in [4.78, 5) is 0. The number of rotatable bonds is 6. The molecular formula is C11H14N6O. The molecule has 7 nitrogen and oxygen atoms in total. The number of anilines is 2. The lowest BCUT2D eigenvalue weighted by atomic mass is 10.3. The molecule has 0 saturated carbocycles. The molecule has 0 unspecified atom stereocenters. The molecule has 7 heteroatoms. The summed E-state index contributed by atoms with van der Waals surface area (Å²) in [7, 11) is 0. The zero-order valence-corrected chi connectivity index (χ0v) is 9.64. The van der Waals surface area contributed by atoms with Crippen LogP contribution in [0.25, 0.3) is 0 Å². The first-order valence-electron chi connectivity index (χ1n) is 5.20. The summed E-state index contributed by atoms with van der Waals surface area (Å²) in [6.07, 6.45) is 0. The molecule has 0 aliphatic heterocycles. The minimum atomic E-state index is -0.383. The van der Waals surface area contributed by atoms with Crippen molar-refractivity contribution in [2.24, 2.45) is 10.8 Å². The summed E-state index contributed by atoms with van der Waals surface area (Å²) in [5.41, 5.74) is 9.14. The monoisotopic (exact) mass is 246 g/mol. The highest BCUT2D eigenvalue weighted by Crippen LogP contribution is 2.13.